The highest BCUT2D eigenvalue weighted by atomic mass is 32.2. The fraction of sp³-hybridized carbons (Fsp3) is 0.526. The largest absolute Gasteiger partial charge is 0.369 e. The molecule has 1 saturated heterocycles. The average molecular weight is 387 g/mol. The summed E-state index contributed by atoms with van der Waals surface area (Å²) in [5, 5.41) is 9.48. The minimum absolute atomic E-state index is 0.129. The third-order valence-corrected chi connectivity index (χ3v) is 5.98. The van der Waals surface area contributed by atoms with E-state index >= 15 is 0 Å². The Labute approximate surface area is 164 Å². The molecule has 144 valence electrons. The molecule has 1 aromatic carbocycles. The Morgan fingerprint density at radius 1 is 1.04 bits per heavy atom. The van der Waals surface area contributed by atoms with Crippen molar-refractivity contribution in [3.8, 4) is 0 Å². The van der Waals surface area contributed by atoms with Crippen LogP contribution in [0.3, 0.4) is 0 Å². The normalized spacial score (nSPS) is 17.8. The molecule has 1 fully saturated rings. The van der Waals surface area contributed by atoms with Gasteiger partial charge in [-0.25, -0.2) is 0 Å². The van der Waals surface area contributed by atoms with Gasteiger partial charge < -0.3 is 4.90 Å². The van der Waals surface area contributed by atoms with E-state index in [2.05, 4.69) is 55.8 Å². The van der Waals surface area contributed by atoms with Crippen molar-refractivity contribution in [1.29, 1.82) is 0 Å². The monoisotopic (exact) mass is 386 g/mol. The van der Waals surface area contributed by atoms with E-state index in [1.807, 2.05) is 11.0 Å². The van der Waals surface area contributed by atoms with Crippen molar-refractivity contribution in [3.05, 3.63) is 30.3 Å². The molecular weight excluding hydrogens is 360 g/mol. The van der Waals surface area contributed by atoms with Crippen molar-refractivity contribution in [3.63, 3.8) is 0 Å². The molecule has 27 heavy (non-hydrogen) atoms. The van der Waals surface area contributed by atoms with Crippen LogP contribution in [0.5, 0.6) is 0 Å². The first-order valence-corrected chi connectivity index (χ1v) is 10.6. The quantitative estimate of drug-likeness (QED) is 0.732. The lowest BCUT2D eigenvalue weighted by Crippen LogP contribution is -2.51. The first-order chi connectivity index (χ1) is 13.3. The predicted molar refractivity (Wildman–Crippen MR) is 108 cm³/mol. The van der Waals surface area contributed by atoms with Crippen LogP contribution < -0.4 is 9.80 Å². The van der Waals surface area contributed by atoms with Gasteiger partial charge >= 0.3 is 0 Å². The summed E-state index contributed by atoms with van der Waals surface area (Å²) >= 11 is 1.68. The Morgan fingerprint density at radius 3 is 2.56 bits per heavy atom. The van der Waals surface area contributed by atoms with Gasteiger partial charge in [0, 0.05) is 45.0 Å². The molecule has 0 spiro atoms. The number of aromatic nitrogens is 3. The van der Waals surface area contributed by atoms with E-state index in [9.17, 15) is 4.79 Å². The maximum absolute atomic E-state index is 12.9. The molecule has 7 nitrogen and oxygen atoms in total. The summed E-state index contributed by atoms with van der Waals surface area (Å²) in [6.45, 7) is 7.88. The highest BCUT2D eigenvalue weighted by molar-refractivity contribution is 7.99. The molecule has 4 rings (SSSR count). The average Bonchev–Trinajstić information content (AvgIpc) is 3.12. The van der Waals surface area contributed by atoms with Crippen molar-refractivity contribution in [2.75, 3.05) is 54.8 Å². The van der Waals surface area contributed by atoms with Crippen molar-refractivity contribution in [2.45, 2.75) is 25.0 Å². The van der Waals surface area contributed by atoms with Gasteiger partial charge in [-0.15, -0.1) is 10.2 Å². The number of para-hydroxylation sites is 1. The van der Waals surface area contributed by atoms with E-state index in [1.165, 1.54) is 5.69 Å². The van der Waals surface area contributed by atoms with E-state index < -0.39 is 0 Å². The summed E-state index contributed by atoms with van der Waals surface area (Å²) in [4.78, 5) is 19.4. The van der Waals surface area contributed by atoms with Gasteiger partial charge in [0.1, 0.15) is 0 Å². The van der Waals surface area contributed by atoms with Gasteiger partial charge in [-0.1, -0.05) is 36.9 Å². The van der Waals surface area contributed by atoms with Gasteiger partial charge in [-0.05, 0) is 24.3 Å². The molecule has 8 heteroatoms. The number of benzene rings is 1. The predicted octanol–water partition coefficient (Wildman–Crippen LogP) is 1.95. The van der Waals surface area contributed by atoms with Crippen LogP contribution in [0.1, 0.15) is 13.3 Å². The number of amides is 1. The second-order valence-electron chi connectivity index (χ2n) is 6.86. The van der Waals surface area contributed by atoms with E-state index in [0.29, 0.717) is 12.5 Å². The molecule has 0 unspecified atom stereocenters. The summed E-state index contributed by atoms with van der Waals surface area (Å²) < 4.78 is 2.09. The highest BCUT2D eigenvalue weighted by Crippen LogP contribution is 2.26. The van der Waals surface area contributed by atoms with Crippen LogP contribution in [-0.4, -0.2) is 70.6 Å². The number of hydrogen-bond donors (Lipinski definition) is 0. The van der Waals surface area contributed by atoms with Crippen LogP contribution in [-0.2, 0) is 11.3 Å². The number of carbonyl (C=O) groups is 1. The van der Waals surface area contributed by atoms with E-state index in [-0.39, 0.29) is 5.91 Å². The molecule has 2 aromatic rings. The number of carbonyl (C=O) groups excluding carboxylic acids is 1. The lowest BCUT2D eigenvalue weighted by molar-refractivity contribution is -0.120. The van der Waals surface area contributed by atoms with Crippen LogP contribution >= 0.6 is 11.8 Å². The standard InChI is InChI=1S/C19H26N6OS/c1-2-27-19-21-20-18-24(9-6-10-25(18)19)17(26)15-22-11-13-23(14-12-22)16-7-4-3-5-8-16/h3-5,7-8H,2,6,9-15H2,1H3. The Morgan fingerprint density at radius 2 is 1.81 bits per heavy atom. The summed E-state index contributed by atoms with van der Waals surface area (Å²) in [7, 11) is 0. The van der Waals surface area contributed by atoms with Crippen molar-refractivity contribution in [2.24, 2.45) is 0 Å². The lowest BCUT2D eigenvalue weighted by Gasteiger charge is -2.37. The SMILES string of the molecule is CCSc1nnc2n1CCCN2C(=O)CN1CCN(c2ccccc2)CC1. The Balaban J connectivity index is 1.36. The molecule has 2 aliphatic rings. The zero-order valence-electron chi connectivity index (χ0n) is 15.8. The molecule has 0 N–H and O–H groups in total. The molecule has 3 heterocycles. The van der Waals surface area contributed by atoms with Gasteiger partial charge in [0.05, 0.1) is 6.54 Å². The van der Waals surface area contributed by atoms with Gasteiger partial charge in [0.25, 0.3) is 0 Å². The van der Waals surface area contributed by atoms with Crippen LogP contribution in [0.2, 0.25) is 0 Å². The minimum atomic E-state index is 0.129. The van der Waals surface area contributed by atoms with Crippen molar-refractivity contribution >= 4 is 29.3 Å². The molecule has 0 aliphatic carbocycles. The first-order valence-electron chi connectivity index (χ1n) is 9.65. The molecule has 0 bridgehead atoms. The van der Waals surface area contributed by atoms with Crippen molar-refractivity contribution < 1.29 is 4.79 Å². The number of anilines is 2. The summed E-state index contributed by atoms with van der Waals surface area (Å²) in [6.07, 6.45) is 0.954. The minimum Gasteiger partial charge on any atom is -0.369 e. The van der Waals surface area contributed by atoms with E-state index in [4.69, 9.17) is 0 Å². The second-order valence-corrected chi connectivity index (χ2v) is 8.10. The lowest BCUT2D eigenvalue weighted by atomic mass is 10.2. The summed E-state index contributed by atoms with van der Waals surface area (Å²) in [5.74, 6) is 1.80. The Hall–Kier alpha value is -2.06. The van der Waals surface area contributed by atoms with E-state index in [0.717, 1.165) is 56.6 Å². The van der Waals surface area contributed by atoms with Crippen LogP contribution in [0.15, 0.2) is 35.5 Å². The Bertz CT molecular complexity index is 772. The molecule has 2 aliphatic heterocycles. The fourth-order valence-corrected chi connectivity index (χ4v) is 4.40. The van der Waals surface area contributed by atoms with Gasteiger partial charge in [-0.3, -0.25) is 19.2 Å². The highest BCUT2D eigenvalue weighted by Gasteiger charge is 2.29. The number of hydrogen-bond acceptors (Lipinski definition) is 6. The van der Waals surface area contributed by atoms with Crippen molar-refractivity contribution in [1.82, 2.24) is 19.7 Å². The first kappa shape index (κ1) is 18.3. The molecule has 1 aromatic heterocycles. The number of nitrogens with zero attached hydrogens (tertiary/aromatic N) is 6. The molecule has 0 radical (unpaired) electrons. The zero-order valence-corrected chi connectivity index (χ0v) is 16.6. The van der Waals surface area contributed by atoms with E-state index in [1.54, 1.807) is 11.8 Å². The summed E-state index contributed by atoms with van der Waals surface area (Å²) in [5.41, 5.74) is 1.26. The Kier molecular flexibility index (Phi) is 5.63. The van der Waals surface area contributed by atoms with Crippen LogP contribution in [0.4, 0.5) is 11.6 Å². The topological polar surface area (TPSA) is 57.5 Å². The molecule has 0 atom stereocenters. The molecule has 0 saturated carbocycles. The van der Waals surface area contributed by atoms with Crippen LogP contribution in [0, 0.1) is 0 Å². The molecular formula is C19H26N6OS. The zero-order chi connectivity index (χ0) is 18.6. The smallest absolute Gasteiger partial charge is 0.243 e. The fourth-order valence-electron chi connectivity index (χ4n) is 3.72. The number of rotatable bonds is 5. The maximum Gasteiger partial charge on any atom is 0.243 e. The second kappa shape index (κ2) is 8.31. The third-order valence-electron chi connectivity index (χ3n) is 5.13. The van der Waals surface area contributed by atoms with Gasteiger partial charge in [0.15, 0.2) is 5.16 Å². The third kappa shape index (κ3) is 3.96. The van der Waals surface area contributed by atoms with Gasteiger partial charge in [0.2, 0.25) is 11.9 Å². The number of fused-ring (bicyclic) bond motifs is 1. The molecule has 1 amide bonds. The summed E-state index contributed by atoms with van der Waals surface area (Å²) in [6, 6.07) is 10.5. The maximum atomic E-state index is 12.9. The number of piperazine rings is 1. The van der Waals surface area contributed by atoms with Crippen LogP contribution in [0.25, 0.3) is 0 Å². The number of thioether (sulfide) groups is 1. The van der Waals surface area contributed by atoms with Gasteiger partial charge in [-0.2, -0.15) is 0 Å².